The van der Waals surface area contributed by atoms with Crippen LogP contribution in [0.25, 0.3) is 0 Å². The van der Waals surface area contributed by atoms with Crippen molar-refractivity contribution < 1.29 is 0 Å². The van der Waals surface area contributed by atoms with Gasteiger partial charge in [-0.05, 0) is 38.8 Å². The van der Waals surface area contributed by atoms with Gasteiger partial charge in [-0.1, -0.05) is 19.3 Å². The van der Waals surface area contributed by atoms with Gasteiger partial charge in [0.1, 0.15) is 0 Å². The summed E-state index contributed by atoms with van der Waals surface area (Å²) >= 11 is 6.61. The molecule has 1 heterocycles. The van der Waals surface area contributed by atoms with E-state index in [0.717, 1.165) is 6.54 Å². The largest absolute Gasteiger partial charge is 0.302 e. The minimum absolute atomic E-state index is 0.141. The van der Waals surface area contributed by atoms with Crippen LogP contribution < -0.4 is 0 Å². The van der Waals surface area contributed by atoms with Gasteiger partial charge in [-0.3, -0.25) is 0 Å². The first kappa shape index (κ1) is 9.79. The Morgan fingerprint density at radius 2 is 1.54 bits per heavy atom. The highest BCUT2D eigenvalue weighted by atomic mass is 35.5. The van der Waals surface area contributed by atoms with Crippen molar-refractivity contribution in [2.45, 2.75) is 49.8 Å². The van der Waals surface area contributed by atoms with Crippen LogP contribution in [-0.2, 0) is 0 Å². The number of hydrogen-bond donors (Lipinski definition) is 0. The van der Waals surface area contributed by atoms with Crippen molar-refractivity contribution in [1.82, 2.24) is 4.90 Å². The smallest absolute Gasteiger partial charge is 0.0573 e. The second-order valence-electron chi connectivity index (χ2n) is 4.69. The van der Waals surface area contributed by atoms with Crippen molar-refractivity contribution >= 4 is 11.6 Å². The van der Waals surface area contributed by atoms with Crippen LogP contribution >= 0.6 is 11.6 Å². The zero-order valence-corrected chi connectivity index (χ0v) is 9.15. The monoisotopic (exact) mass is 201 g/mol. The molecule has 2 aliphatic rings. The average Bonchev–Trinajstić information content (AvgIpc) is 2.57. The van der Waals surface area contributed by atoms with Gasteiger partial charge in [0.05, 0.1) is 4.87 Å². The van der Waals surface area contributed by atoms with Crippen LogP contribution in [0.15, 0.2) is 0 Å². The summed E-state index contributed by atoms with van der Waals surface area (Å²) in [6.07, 6.45) is 9.33. The van der Waals surface area contributed by atoms with Gasteiger partial charge in [0, 0.05) is 6.54 Å². The van der Waals surface area contributed by atoms with Gasteiger partial charge in [0.2, 0.25) is 0 Å². The maximum atomic E-state index is 6.61. The molecule has 0 amide bonds. The van der Waals surface area contributed by atoms with Crippen molar-refractivity contribution in [3.63, 3.8) is 0 Å². The molecule has 0 aromatic rings. The zero-order valence-electron chi connectivity index (χ0n) is 8.40. The predicted molar refractivity (Wildman–Crippen MR) is 57.3 cm³/mol. The van der Waals surface area contributed by atoms with E-state index >= 15 is 0 Å². The van der Waals surface area contributed by atoms with Crippen LogP contribution in [0.5, 0.6) is 0 Å². The van der Waals surface area contributed by atoms with Crippen molar-refractivity contribution in [3.05, 3.63) is 0 Å². The summed E-state index contributed by atoms with van der Waals surface area (Å²) < 4.78 is 0. The van der Waals surface area contributed by atoms with E-state index in [9.17, 15) is 0 Å². The quantitative estimate of drug-likeness (QED) is 0.621. The SMILES string of the molecule is ClC1(CN2CCCC2)CCCCC1. The minimum atomic E-state index is 0.141. The lowest BCUT2D eigenvalue weighted by atomic mass is 9.88. The maximum Gasteiger partial charge on any atom is 0.0573 e. The summed E-state index contributed by atoms with van der Waals surface area (Å²) in [4.78, 5) is 2.70. The van der Waals surface area contributed by atoms with Gasteiger partial charge < -0.3 is 4.90 Å². The van der Waals surface area contributed by atoms with E-state index in [1.54, 1.807) is 0 Å². The highest BCUT2D eigenvalue weighted by Crippen LogP contribution is 2.35. The number of hydrogen-bond acceptors (Lipinski definition) is 1. The molecule has 2 fully saturated rings. The van der Waals surface area contributed by atoms with E-state index in [-0.39, 0.29) is 4.87 Å². The van der Waals surface area contributed by atoms with E-state index in [1.807, 2.05) is 0 Å². The third-order valence-electron chi connectivity index (χ3n) is 3.46. The Labute approximate surface area is 86.4 Å². The molecule has 0 radical (unpaired) electrons. The molecule has 0 aromatic heterocycles. The molecule has 1 nitrogen and oxygen atoms in total. The lowest BCUT2D eigenvalue weighted by molar-refractivity contribution is 0.253. The molecule has 2 heteroatoms. The van der Waals surface area contributed by atoms with E-state index in [2.05, 4.69) is 4.90 Å². The first-order valence-electron chi connectivity index (χ1n) is 5.70. The molecule has 0 aromatic carbocycles. The van der Waals surface area contributed by atoms with Crippen LogP contribution in [0, 0.1) is 0 Å². The van der Waals surface area contributed by atoms with Gasteiger partial charge in [0.25, 0.3) is 0 Å². The molecule has 0 bridgehead atoms. The fraction of sp³-hybridized carbons (Fsp3) is 1.00. The highest BCUT2D eigenvalue weighted by Gasteiger charge is 2.32. The summed E-state index contributed by atoms with van der Waals surface area (Å²) in [6.45, 7) is 3.72. The van der Waals surface area contributed by atoms with Crippen LogP contribution in [-0.4, -0.2) is 29.4 Å². The molecule has 2 rings (SSSR count). The Morgan fingerprint density at radius 3 is 2.15 bits per heavy atom. The zero-order chi connectivity index (χ0) is 9.15. The Morgan fingerprint density at radius 1 is 0.923 bits per heavy atom. The predicted octanol–water partition coefficient (Wildman–Crippen LogP) is 3.02. The molecule has 0 atom stereocenters. The molecule has 1 saturated carbocycles. The average molecular weight is 202 g/mol. The normalized spacial score (nSPS) is 29.3. The molecule has 0 N–H and O–H groups in total. The van der Waals surface area contributed by atoms with Gasteiger partial charge in [-0.25, -0.2) is 0 Å². The summed E-state index contributed by atoms with van der Waals surface area (Å²) in [5.74, 6) is 0. The first-order chi connectivity index (χ1) is 6.29. The number of alkyl halides is 1. The number of rotatable bonds is 2. The molecule has 0 unspecified atom stereocenters. The van der Waals surface area contributed by atoms with Crippen molar-refractivity contribution in [3.8, 4) is 0 Å². The van der Waals surface area contributed by atoms with E-state index in [0.29, 0.717) is 0 Å². The minimum Gasteiger partial charge on any atom is -0.302 e. The fourth-order valence-electron chi connectivity index (χ4n) is 2.69. The topological polar surface area (TPSA) is 3.24 Å². The molecule has 0 spiro atoms. The standard InChI is InChI=1S/C11H20ClN/c12-11(6-2-1-3-7-11)10-13-8-4-5-9-13/h1-10H2. The maximum absolute atomic E-state index is 6.61. The Balaban J connectivity index is 1.83. The summed E-state index contributed by atoms with van der Waals surface area (Å²) in [5.41, 5.74) is 0. The second-order valence-corrected chi connectivity index (χ2v) is 5.50. The van der Waals surface area contributed by atoms with Gasteiger partial charge in [0.15, 0.2) is 0 Å². The van der Waals surface area contributed by atoms with E-state index < -0.39 is 0 Å². The lowest BCUT2D eigenvalue weighted by Gasteiger charge is -2.34. The highest BCUT2D eigenvalue weighted by molar-refractivity contribution is 6.24. The molecule has 1 aliphatic carbocycles. The van der Waals surface area contributed by atoms with Gasteiger partial charge >= 0.3 is 0 Å². The van der Waals surface area contributed by atoms with Crippen LogP contribution in [0.4, 0.5) is 0 Å². The van der Waals surface area contributed by atoms with Crippen LogP contribution in [0.3, 0.4) is 0 Å². The Bertz CT molecular complexity index is 157. The lowest BCUT2D eigenvalue weighted by Crippen LogP contribution is -2.39. The third kappa shape index (κ3) is 2.60. The van der Waals surface area contributed by atoms with Gasteiger partial charge in [-0.2, -0.15) is 0 Å². The number of likely N-dealkylation sites (tertiary alicyclic amines) is 1. The summed E-state index contributed by atoms with van der Waals surface area (Å²) in [5, 5.41) is 0. The Kier molecular flexibility index (Phi) is 3.15. The molecule has 13 heavy (non-hydrogen) atoms. The van der Waals surface area contributed by atoms with E-state index in [4.69, 9.17) is 11.6 Å². The summed E-state index contributed by atoms with van der Waals surface area (Å²) in [6, 6.07) is 0. The second kappa shape index (κ2) is 4.18. The van der Waals surface area contributed by atoms with Crippen molar-refractivity contribution in [2.75, 3.05) is 19.6 Å². The molecular weight excluding hydrogens is 182 g/mol. The Hall–Kier alpha value is 0.250. The van der Waals surface area contributed by atoms with Crippen molar-refractivity contribution in [2.24, 2.45) is 0 Å². The van der Waals surface area contributed by atoms with Gasteiger partial charge in [-0.15, -0.1) is 11.6 Å². The molecular formula is C11H20ClN. The third-order valence-corrected chi connectivity index (χ3v) is 3.95. The van der Waals surface area contributed by atoms with Crippen LogP contribution in [0.1, 0.15) is 44.9 Å². The molecule has 1 aliphatic heterocycles. The summed E-state index contributed by atoms with van der Waals surface area (Å²) in [7, 11) is 0. The fourth-order valence-corrected chi connectivity index (χ4v) is 3.12. The van der Waals surface area contributed by atoms with E-state index in [1.165, 1.54) is 58.0 Å². The molecule has 1 saturated heterocycles. The van der Waals surface area contributed by atoms with Crippen molar-refractivity contribution in [1.29, 1.82) is 0 Å². The first-order valence-corrected chi connectivity index (χ1v) is 6.08. The number of nitrogens with zero attached hydrogens (tertiary/aromatic N) is 1. The molecule has 76 valence electrons. The number of halogens is 1. The van der Waals surface area contributed by atoms with Crippen LogP contribution in [0.2, 0.25) is 0 Å².